The van der Waals surface area contributed by atoms with E-state index in [9.17, 15) is 5.26 Å². The summed E-state index contributed by atoms with van der Waals surface area (Å²) in [5, 5.41) is 20.0. The minimum Gasteiger partial charge on any atom is -0.452 e. The van der Waals surface area contributed by atoms with E-state index in [1.807, 2.05) is 59.0 Å². The van der Waals surface area contributed by atoms with Crippen molar-refractivity contribution in [1.82, 2.24) is 9.38 Å². The number of nitriles is 1. The zero-order valence-electron chi connectivity index (χ0n) is 16.8. The van der Waals surface area contributed by atoms with Gasteiger partial charge in [0.1, 0.15) is 11.7 Å². The van der Waals surface area contributed by atoms with E-state index in [1.165, 1.54) is 0 Å². The van der Waals surface area contributed by atoms with Crippen LogP contribution in [0.2, 0.25) is 0 Å². The quantitative estimate of drug-likeness (QED) is 0.332. The summed E-state index contributed by atoms with van der Waals surface area (Å²) in [6, 6.07) is 15.5. The molecule has 0 radical (unpaired) electrons. The van der Waals surface area contributed by atoms with Crippen molar-refractivity contribution in [3.63, 3.8) is 0 Å². The number of hydrogen-bond acceptors (Lipinski definition) is 5. The molecule has 5 rings (SSSR count). The highest BCUT2D eigenvalue weighted by molar-refractivity contribution is 6.03. The molecule has 0 unspecified atom stereocenters. The number of aromatic nitrogens is 2. The van der Waals surface area contributed by atoms with Crippen LogP contribution >= 0.6 is 0 Å². The second-order valence-electron chi connectivity index (χ2n) is 7.26. The Hall–Kier alpha value is -4.37. The highest BCUT2D eigenvalue weighted by atomic mass is 16.3. The molecule has 0 aliphatic heterocycles. The van der Waals surface area contributed by atoms with Crippen molar-refractivity contribution in [2.75, 3.05) is 18.0 Å². The van der Waals surface area contributed by atoms with E-state index in [2.05, 4.69) is 24.1 Å². The zero-order chi connectivity index (χ0) is 21.5. The number of pyridine rings is 1. The third-order valence-corrected chi connectivity index (χ3v) is 5.43. The number of anilines is 1. The average molecular weight is 405 g/mol. The van der Waals surface area contributed by atoms with Gasteiger partial charge in [0, 0.05) is 24.7 Å². The Morgan fingerprint density at radius 1 is 1.13 bits per heavy atom. The van der Waals surface area contributed by atoms with Gasteiger partial charge in [0.25, 0.3) is 0 Å². The first-order chi connectivity index (χ1) is 15.2. The molecule has 2 aromatic carbocycles. The molecule has 0 atom stereocenters. The number of nitrogens with zero attached hydrogens (tertiary/aromatic N) is 4. The van der Waals surface area contributed by atoms with E-state index in [-0.39, 0.29) is 5.36 Å². The van der Waals surface area contributed by atoms with Gasteiger partial charge in [-0.1, -0.05) is 30.4 Å². The van der Waals surface area contributed by atoms with Gasteiger partial charge < -0.3 is 9.32 Å². The number of fused-ring (bicyclic) bond motifs is 6. The largest absolute Gasteiger partial charge is 0.452 e. The molecule has 0 saturated carbocycles. The van der Waals surface area contributed by atoms with Gasteiger partial charge in [0.2, 0.25) is 0 Å². The molecule has 0 aliphatic carbocycles. The van der Waals surface area contributed by atoms with Crippen molar-refractivity contribution in [3.05, 3.63) is 84.9 Å². The Bertz CT molecular complexity index is 1610. The van der Waals surface area contributed by atoms with Gasteiger partial charge in [0.15, 0.2) is 11.2 Å². The molecule has 6 nitrogen and oxygen atoms in total. The Morgan fingerprint density at radius 3 is 2.65 bits per heavy atom. The first-order valence-corrected chi connectivity index (χ1v) is 9.88. The molecule has 1 N–H and O–H groups in total. The van der Waals surface area contributed by atoms with Gasteiger partial charge in [-0.25, -0.2) is 4.98 Å². The lowest BCUT2D eigenvalue weighted by Crippen LogP contribution is -2.23. The maximum Gasteiger partial charge on any atom is 0.182 e. The molecule has 0 amide bonds. The fourth-order valence-corrected chi connectivity index (χ4v) is 4.12. The van der Waals surface area contributed by atoms with Crippen LogP contribution in [0.25, 0.3) is 38.6 Å². The summed E-state index contributed by atoms with van der Waals surface area (Å²) in [5.41, 5.74) is 4.58. The summed E-state index contributed by atoms with van der Waals surface area (Å²) >= 11 is 0. The predicted octanol–water partition coefficient (Wildman–Crippen LogP) is 4.92. The third-order valence-electron chi connectivity index (χ3n) is 5.43. The average Bonchev–Trinajstić information content (AvgIpc) is 3.17. The van der Waals surface area contributed by atoms with Crippen molar-refractivity contribution in [2.24, 2.45) is 0 Å². The third kappa shape index (κ3) is 2.71. The lowest BCUT2D eigenvalue weighted by atomic mass is 10.1. The molecule has 5 aromatic rings. The molecule has 3 aromatic heterocycles. The zero-order valence-corrected chi connectivity index (χ0v) is 16.8. The molecule has 6 heteroatoms. The van der Waals surface area contributed by atoms with Crippen LogP contribution < -0.4 is 10.3 Å². The SMILES string of the molecule is C=CCN(CC=C)c1cccc2nc3c4oc5ccccc5c(=N)c4c(C#N)cn3c12. The van der Waals surface area contributed by atoms with Gasteiger partial charge in [-0.05, 0) is 24.3 Å². The Morgan fingerprint density at radius 2 is 1.90 bits per heavy atom. The topological polar surface area (TPSA) is 81.3 Å². The lowest BCUT2D eigenvalue weighted by Gasteiger charge is -2.22. The molecular weight excluding hydrogens is 386 g/mol. The molecule has 31 heavy (non-hydrogen) atoms. The van der Waals surface area contributed by atoms with Gasteiger partial charge in [-0.15, -0.1) is 13.2 Å². The molecule has 0 fully saturated rings. The van der Waals surface area contributed by atoms with E-state index >= 15 is 0 Å². The standard InChI is InChI=1S/C25H19N5O/c1-3-12-29(13-4-2)19-10-7-9-18-23(19)30-15-16(14-26)21-22(27)17-8-5-6-11-20(17)31-24(21)25(30)28-18/h3-11,15,27H,1-2,12-13H2. The van der Waals surface area contributed by atoms with Crippen LogP contribution in [0.1, 0.15) is 5.56 Å². The first kappa shape index (κ1) is 18.6. The molecule has 0 spiro atoms. The van der Waals surface area contributed by atoms with Gasteiger partial charge in [-0.2, -0.15) is 5.26 Å². The summed E-state index contributed by atoms with van der Waals surface area (Å²) in [7, 11) is 0. The van der Waals surface area contributed by atoms with E-state index < -0.39 is 0 Å². The van der Waals surface area contributed by atoms with Crippen molar-refractivity contribution in [3.8, 4) is 6.07 Å². The number of rotatable bonds is 5. The van der Waals surface area contributed by atoms with E-state index in [4.69, 9.17) is 14.8 Å². The molecule has 150 valence electrons. The fourth-order valence-electron chi connectivity index (χ4n) is 4.12. The van der Waals surface area contributed by atoms with Gasteiger partial charge in [0.05, 0.1) is 33.0 Å². The van der Waals surface area contributed by atoms with E-state index in [1.54, 1.807) is 6.20 Å². The molecule has 3 heterocycles. The van der Waals surface area contributed by atoms with Crippen molar-refractivity contribution < 1.29 is 4.42 Å². The minimum absolute atomic E-state index is 0.267. The smallest absolute Gasteiger partial charge is 0.182 e. The number of benzene rings is 2. The van der Waals surface area contributed by atoms with Gasteiger partial charge in [-0.3, -0.25) is 9.81 Å². The first-order valence-electron chi connectivity index (χ1n) is 9.88. The van der Waals surface area contributed by atoms with Crippen molar-refractivity contribution in [1.29, 1.82) is 10.7 Å². The Kier molecular flexibility index (Phi) is 4.30. The van der Waals surface area contributed by atoms with Crippen molar-refractivity contribution in [2.45, 2.75) is 0 Å². The highest BCUT2D eigenvalue weighted by Gasteiger charge is 2.19. The molecule has 0 aliphatic rings. The summed E-state index contributed by atoms with van der Waals surface area (Å²) < 4.78 is 8.10. The van der Waals surface area contributed by atoms with Crippen LogP contribution in [0.4, 0.5) is 5.69 Å². The van der Waals surface area contributed by atoms with Crippen LogP contribution in [0.5, 0.6) is 0 Å². The second-order valence-corrected chi connectivity index (χ2v) is 7.26. The normalized spacial score (nSPS) is 11.2. The Balaban J connectivity index is 1.98. The van der Waals surface area contributed by atoms with Crippen LogP contribution in [0.3, 0.4) is 0 Å². The predicted molar refractivity (Wildman–Crippen MR) is 123 cm³/mol. The van der Waals surface area contributed by atoms with Crippen LogP contribution in [-0.2, 0) is 0 Å². The number of hydrogen-bond donors (Lipinski definition) is 1. The summed E-state index contributed by atoms with van der Waals surface area (Å²) in [5.74, 6) is 0. The van der Waals surface area contributed by atoms with E-state index in [0.29, 0.717) is 46.2 Å². The van der Waals surface area contributed by atoms with E-state index in [0.717, 1.165) is 16.7 Å². The summed E-state index contributed by atoms with van der Waals surface area (Å²) in [6.45, 7) is 9.02. The molecular formula is C25H19N5O. The van der Waals surface area contributed by atoms with Crippen molar-refractivity contribution >= 4 is 44.3 Å². The summed E-state index contributed by atoms with van der Waals surface area (Å²) in [4.78, 5) is 6.97. The van der Waals surface area contributed by atoms with Gasteiger partial charge >= 0.3 is 0 Å². The lowest BCUT2D eigenvalue weighted by molar-refractivity contribution is 0.660. The second kappa shape index (κ2) is 7.15. The molecule has 0 bridgehead atoms. The summed E-state index contributed by atoms with van der Waals surface area (Å²) in [6.07, 6.45) is 5.43. The highest BCUT2D eigenvalue weighted by Crippen LogP contribution is 2.32. The number of imidazole rings is 1. The maximum atomic E-state index is 9.90. The molecule has 0 saturated heterocycles. The Labute approximate surface area is 178 Å². The van der Waals surface area contributed by atoms with Crippen LogP contribution in [-0.4, -0.2) is 22.5 Å². The number of para-hydroxylation sites is 2. The van der Waals surface area contributed by atoms with Crippen LogP contribution in [0, 0.1) is 16.7 Å². The maximum absolute atomic E-state index is 9.90. The number of nitrogens with one attached hydrogen (secondary N) is 1. The minimum atomic E-state index is 0.267. The monoisotopic (exact) mass is 405 g/mol. The fraction of sp³-hybridized carbons (Fsp3) is 0.0800. The van der Waals surface area contributed by atoms with Crippen LogP contribution in [0.15, 0.2) is 78.4 Å².